The minimum absolute atomic E-state index is 0.440. The molecule has 2 rings (SSSR count). The molecule has 0 atom stereocenters. The molecule has 4 nitrogen and oxygen atoms in total. The van der Waals surface area contributed by atoms with E-state index in [9.17, 15) is 0 Å². The Balaban J connectivity index is 1.81. The van der Waals surface area contributed by atoms with Gasteiger partial charge in [-0.2, -0.15) is 0 Å². The molecule has 1 saturated heterocycles. The van der Waals surface area contributed by atoms with Gasteiger partial charge in [0.05, 0.1) is 23.1 Å². The van der Waals surface area contributed by atoms with Crippen molar-refractivity contribution in [2.45, 2.75) is 6.42 Å². The molecule has 1 aliphatic heterocycles. The van der Waals surface area contributed by atoms with E-state index in [1.165, 1.54) is 0 Å². The molecule has 0 radical (unpaired) electrons. The van der Waals surface area contributed by atoms with E-state index in [1.54, 1.807) is 17.5 Å². The first-order valence-corrected chi connectivity index (χ1v) is 6.53. The number of aromatic nitrogens is 1. The highest BCUT2D eigenvalue weighted by Gasteiger charge is 2.11. The molecule has 0 saturated carbocycles. The molecule has 0 aromatic carbocycles. The molecular weight excluding hydrogens is 242 g/mol. The van der Waals surface area contributed by atoms with E-state index < -0.39 is 0 Å². The van der Waals surface area contributed by atoms with Gasteiger partial charge < -0.3 is 10.5 Å². The summed E-state index contributed by atoms with van der Waals surface area (Å²) in [5.74, 6) is 0. The normalized spacial score (nSPS) is 17.5. The molecule has 1 aromatic heterocycles. The molecule has 0 amide bonds. The fraction of sp³-hybridized carbons (Fsp3) is 0.600. The first-order valence-electron chi connectivity index (χ1n) is 5.30. The Labute approximate surface area is 104 Å². The van der Waals surface area contributed by atoms with Crippen molar-refractivity contribution in [1.82, 2.24) is 9.88 Å². The second-order valence-electron chi connectivity index (χ2n) is 3.69. The van der Waals surface area contributed by atoms with Crippen molar-refractivity contribution in [2.75, 3.05) is 32.8 Å². The van der Waals surface area contributed by atoms with Crippen LogP contribution >= 0.6 is 23.6 Å². The Morgan fingerprint density at radius 2 is 2.31 bits per heavy atom. The van der Waals surface area contributed by atoms with Crippen molar-refractivity contribution in [2.24, 2.45) is 5.73 Å². The van der Waals surface area contributed by atoms with Gasteiger partial charge in [-0.1, -0.05) is 12.2 Å². The Bertz CT molecular complexity index is 361. The fourth-order valence-corrected chi connectivity index (χ4v) is 2.55. The summed E-state index contributed by atoms with van der Waals surface area (Å²) >= 11 is 6.50. The molecule has 1 aromatic rings. The molecule has 0 unspecified atom stereocenters. The Morgan fingerprint density at radius 3 is 2.94 bits per heavy atom. The first kappa shape index (κ1) is 11.9. The molecule has 1 aliphatic rings. The van der Waals surface area contributed by atoms with E-state index in [1.807, 2.05) is 0 Å². The third-order valence-corrected chi connectivity index (χ3v) is 3.98. The molecular formula is C10H15N3OS2. The molecule has 16 heavy (non-hydrogen) atoms. The predicted octanol–water partition coefficient (Wildman–Crippen LogP) is 0.652. The van der Waals surface area contributed by atoms with Crippen LogP contribution in [0.5, 0.6) is 0 Å². The van der Waals surface area contributed by atoms with E-state index in [-0.39, 0.29) is 0 Å². The van der Waals surface area contributed by atoms with Gasteiger partial charge in [0.25, 0.3) is 0 Å². The van der Waals surface area contributed by atoms with Gasteiger partial charge >= 0.3 is 0 Å². The van der Waals surface area contributed by atoms with Crippen LogP contribution in [-0.4, -0.2) is 47.7 Å². The van der Waals surface area contributed by atoms with Crippen LogP contribution in [0, 0.1) is 0 Å². The minimum Gasteiger partial charge on any atom is -0.389 e. The van der Waals surface area contributed by atoms with Crippen molar-refractivity contribution in [3.63, 3.8) is 0 Å². The molecule has 1 fully saturated rings. The number of ether oxygens (including phenoxy) is 1. The van der Waals surface area contributed by atoms with Crippen LogP contribution in [0.2, 0.25) is 0 Å². The average molecular weight is 257 g/mol. The SMILES string of the molecule is NC(=S)c1cnc(CCN2CCOCC2)s1. The number of nitrogens with zero attached hydrogens (tertiary/aromatic N) is 2. The quantitative estimate of drug-likeness (QED) is 0.803. The van der Waals surface area contributed by atoms with E-state index in [0.717, 1.165) is 49.2 Å². The maximum atomic E-state index is 5.54. The highest BCUT2D eigenvalue weighted by atomic mass is 32.1. The Hall–Kier alpha value is -0.560. The Kier molecular flexibility index (Phi) is 4.22. The summed E-state index contributed by atoms with van der Waals surface area (Å²) in [6.07, 6.45) is 2.73. The van der Waals surface area contributed by atoms with Crippen LogP contribution in [0.1, 0.15) is 9.88 Å². The number of thiazole rings is 1. The molecule has 0 bridgehead atoms. The lowest BCUT2D eigenvalue weighted by atomic mass is 10.3. The van der Waals surface area contributed by atoms with Crippen molar-refractivity contribution in [3.05, 3.63) is 16.1 Å². The zero-order valence-corrected chi connectivity index (χ0v) is 10.6. The number of morpholine rings is 1. The molecule has 0 spiro atoms. The van der Waals surface area contributed by atoms with E-state index >= 15 is 0 Å². The van der Waals surface area contributed by atoms with Gasteiger partial charge in [-0.25, -0.2) is 4.98 Å². The van der Waals surface area contributed by atoms with Gasteiger partial charge in [0, 0.05) is 32.3 Å². The lowest BCUT2D eigenvalue weighted by Gasteiger charge is -2.25. The van der Waals surface area contributed by atoms with Gasteiger partial charge in [0.15, 0.2) is 0 Å². The third kappa shape index (κ3) is 3.21. The number of nitrogens with two attached hydrogens (primary N) is 1. The molecule has 2 N–H and O–H groups in total. The van der Waals surface area contributed by atoms with Crippen molar-refractivity contribution < 1.29 is 4.74 Å². The minimum atomic E-state index is 0.440. The molecule has 2 heterocycles. The topological polar surface area (TPSA) is 51.4 Å². The molecule has 6 heteroatoms. The zero-order chi connectivity index (χ0) is 11.4. The van der Waals surface area contributed by atoms with E-state index in [2.05, 4.69) is 9.88 Å². The van der Waals surface area contributed by atoms with Crippen LogP contribution < -0.4 is 5.73 Å². The largest absolute Gasteiger partial charge is 0.389 e. The summed E-state index contributed by atoms with van der Waals surface area (Å²) in [4.78, 5) is 8.06. The summed E-state index contributed by atoms with van der Waals surface area (Å²) in [5.41, 5.74) is 5.54. The van der Waals surface area contributed by atoms with Crippen LogP contribution in [0.4, 0.5) is 0 Å². The second kappa shape index (κ2) is 5.67. The zero-order valence-electron chi connectivity index (χ0n) is 9.02. The summed E-state index contributed by atoms with van der Waals surface area (Å²) in [5, 5.41) is 1.11. The first-order chi connectivity index (χ1) is 7.75. The van der Waals surface area contributed by atoms with E-state index in [4.69, 9.17) is 22.7 Å². The average Bonchev–Trinajstić information content (AvgIpc) is 2.76. The standard InChI is InChI=1S/C10H15N3OS2/c11-10(15)8-7-12-9(16-8)1-2-13-3-5-14-6-4-13/h7H,1-6H2,(H2,11,15). The number of rotatable bonds is 4. The lowest BCUT2D eigenvalue weighted by Crippen LogP contribution is -2.37. The second-order valence-corrected chi connectivity index (χ2v) is 5.24. The predicted molar refractivity (Wildman–Crippen MR) is 69.0 cm³/mol. The maximum Gasteiger partial charge on any atom is 0.115 e. The van der Waals surface area contributed by atoms with Crippen LogP contribution in [0.3, 0.4) is 0 Å². The number of thiocarbonyl (C=S) groups is 1. The van der Waals surface area contributed by atoms with E-state index in [0.29, 0.717) is 4.99 Å². The van der Waals surface area contributed by atoms with Crippen LogP contribution in [0.25, 0.3) is 0 Å². The third-order valence-electron chi connectivity index (χ3n) is 2.54. The van der Waals surface area contributed by atoms with Gasteiger partial charge in [-0.05, 0) is 0 Å². The summed E-state index contributed by atoms with van der Waals surface area (Å²) in [7, 11) is 0. The smallest absolute Gasteiger partial charge is 0.115 e. The lowest BCUT2D eigenvalue weighted by molar-refractivity contribution is 0.0384. The maximum absolute atomic E-state index is 5.54. The highest BCUT2D eigenvalue weighted by molar-refractivity contribution is 7.81. The fourth-order valence-electron chi connectivity index (χ4n) is 1.62. The van der Waals surface area contributed by atoms with Crippen LogP contribution in [0.15, 0.2) is 6.20 Å². The monoisotopic (exact) mass is 257 g/mol. The van der Waals surface area contributed by atoms with Crippen molar-refractivity contribution >= 4 is 28.5 Å². The Morgan fingerprint density at radius 1 is 1.56 bits per heavy atom. The summed E-state index contributed by atoms with van der Waals surface area (Å²) < 4.78 is 5.30. The number of hydrogen-bond donors (Lipinski definition) is 1. The van der Waals surface area contributed by atoms with Crippen molar-refractivity contribution in [3.8, 4) is 0 Å². The van der Waals surface area contributed by atoms with Gasteiger partial charge in [-0.3, -0.25) is 4.90 Å². The van der Waals surface area contributed by atoms with Crippen molar-refractivity contribution in [1.29, 1.82) is 0 Å². The highest BCUT2D eigenvalue weighted by Crippen LogP contribution is 2.13. The van der Waals surface area contributed by atoms with Gasteiger partial charge in [0.2, 0.25) is 0 Å². The summed E-state index contributed by atoms with van der Waals surface area (Å²) in [6.45, 7) is 4.76. The van der Waals surface area contributed by atoms with Crippen LogP contribution in [-0.2, 0) is 11.2 Å². The van der Waals surface area contributed by atoms with Gasteiger partial charge in [-0.15, -0.1) is 11.3 Å². The summed E-state index contributed by atoms with van der Waals surface area (Å²) in [6, 6.07) is 0. The van der Waals surface area contributed by atoms with Gasteiger partial charge in [0.1, 0.15) is 4.99 Å². The molecule has 0 aliphatic carbocycles. The molecule has 88 valence electrons. The number of hydrogen-bond acceptors (Lipinski definition) is 5.